The number of alkyl carbamates (subject to hydrolysis) is 1. The van der Waals surface area contributed by atoms with Crippen molar-refractivity contribution in [3.05, 3.63) is 47.5 Å². The van der Waals surface area contributed by atoms with Gasteiger partial charge in [-0.15, -0.1) is 0 Å². The highest BCUT2D eigenvalue weighted by molar-refractivity contribution is 5.97. The van der Waals surface area contributed by atoms with E-state index in [1.54, 1.807) is 62.3 Å². The quantitative estimate of drug-likeness (QED) is 0.0234. The molecule has 0 aromatic heterocycles. The molecule has 5 atom stereocenters. The minimum absolute atomic E-state index is 0.000110. The molecule has 4 bridgehead atoms. The van der Waals surface area contributed by atoms with Gasteiger partial charge >= 0.3 is 18.3 Å². The topological polar surface area (TPSA) is 303 Å². The predicted molar refractivity (Wildman–Crippen MR) is 301 cm³/mol. The number of rotatable bonds is 24. The number of likely N-dealkylation sites (N-methyl/N-ethyl adjacent to an activating group) is 1. The Bertz CT molecular complexity index is 2460. The number of carbonyl (C=O) groups excluding carboxylic acids is 9. The molecule has 22 heteroatoms. The molecule has 2 aromatic rings. The van der Waals surface area contributed by atoms with Crippen LogP contribution in [0.1, 0.15) is 177 Å². The van der Waals surface area contributed by atoms with E-state index in [-0.39, 0.29) is 72.7 Å². The minimum Gasteiger partial charge on any atom is -0.507 e. The molecule has 3 rings (SSSR count). The molecule has 80 heavy (non-hydrogen) atoms. The average molecular weight is 1120 g/mol. The van der Waals surface area contributed by atoms with Crippen molar-refractivity contribution in [2.45, 2.75) is 214 Å². The molecule has 1 aliphatic heterocycles. The first-order valence-electron chi connectivity index (χ1n) is 27.8. The zero-order valence-corrected chi connectivity index (χ0v) is 49.4. The Hall–Kier alpha value is -6.97. The van der Waals surface area contributed by atoms with Crippen molar-refractivity contribution >= 4 is 53.7 Å². The van der Waals surface area contributed by atoms with E-state index in [0.29, 0.717) is 24.9 Å². The molecule has 2 aromatic carbocycles. The molecular formula is C58H90N8O14. The molecule has 0 unspecified atom stereocenters. The zero-order valence-electron chi connectivity index (χ0n) is 49.4. The van der Waals surface area contributed by atoms with Crippen molar-refractivity contribution in [1.29, 1.82) is 0 Å². The number of ether oxygens (including phenoxy) is 4. The van der Waals surface area contributed by atoms with Crippen molar-refractivity contribution in [1.82, 2.24) is 36.4 Å². The van der Waals surface area contributed by atoms with Crippen LogP contribution in [-0.4, -0.2) is 136 Å². The van der Waals surface area contributed by atoms with E-state index in [1.807, 2.05) is 0 Å². The number of nitrogens with zero attached hydrogens (tertiary/aromatic N) is 2. The maximum Gasteiger partial charge on any atom is 0.514 e. The SMILES string of the molecule is CCCCCCCCCCN(CCC(=O)N[C@@H](CCCCNC(=O)OC(C)(C)C)C(=O)N(C)[C@@H]1C(=O)N[C@@H](N)C(=O)N[C@H](C(=O)N[C@@H](C)C(C)=O)Cc2ccc(OC(=O)OC(C)(C)C)c(c2)-c2cc1ccc2O)C(=O)OC(C)(C)C. The van der Waals surface area contributed by atoms with Gasteiger partial charge in [0.2, 0.25) is 23.6 Å². The van der Waals surface area contributed by atoms with Crippen molar-refractivity contribution in [3.8, 4) is 22.6 Å². The van der Waals surface area contributed by atoms with Crippen LogP contribution in [0.4, 0.5) is 14.4 Å². The number of carbonyl (C=O) groups is 9. The van der Waals surface area contributed by atoms with Gasteiger partial charge in [-0.25, -0.2) is 14.4 Å². The summed E-state index contributed by atoms with van der Waals surface area (Å²) in [7, 11) is 1.30. The third-order valence-corrected chi connectivity index (χ3v) is 12.6. The fourth-order valence-electron chi connectivity index (χ4n) is 8.44. The maximum atomic E-state index is 15.1. The number of benzene rings is 2. The first-order chi connectivity index (χ1) is 37.3. The monoisotopic (exact) mass is 1120 g/mol. The Morgan fingerprint density at radius 1 is 0.750 bits per heavy atom. The molecule has 7 amide bonds. The lowest BCUT2D eigenvalue weighted by molar-refractivity contribution is -0.143. The Labute approximate surface area is 472 Å². The fourth-order valence-corrected chi connectivity index (χ4v) is 8.44. The number of fused-ring (bicyclic) bond motifs is 5. The van der Waals surface area contributed by atoms with Crippen molar-refractivity contribution in [2.24, 2.45) is 5.73 Å². The summed E-state index contributed by atoms with van der Waals surface area (Å²) in [6.45, 7) is 20.7. The molecule has 8 N–H and O–H groups in total. The molecule has 0 radical (unpaired) electrons. The third kappa shape index (κ3) is 23.8. The molecular weight excluding hydrogens is 1030 g/mol. The van der Waals surface area contributed by atoms with Gasteiger partial charge in [-0.2, -0.15) is 0 Å². The fraction of sp³-hybridized carbons (Fsp3) is 0.638. The van der Waals surface area contributed by atoms with Crippen LogP contribution in [0.3, 0.4) is 0 Å². The van der Waals surface area contributed by atoms with Gasteiger partial charge < -0.3 is 66.2 Å². The van der Waals surface area contributed by atoms with Crippen LogP contribution in [0.15, 0.2) is 36.4 Å². The summed E-state index contributed by atoms with van der Waals surface area (Å²) < 4.78 is 22.2. The summed E-state index contributed by atoms with van der Waals surface area (Å²) in [4.78, 5) is 125. The van der Waals surface area contributed by atoms with Crippen LogP contribution in [0.2, 0.25) is 0 Å². The molecule has 22 nitrogen and oxygen atoms in total. The second-order valence-corrected chi connectivity index (χ2v) is 23.4. The summed E-state index contributed by atoms with van der Waals surface area (Å²) in [5, 5.41) is 24.6. The first kappa shape index (κ1) is 67.3. The number of Topliss-reactive ketones (excluding diaryl/α,β-unsaturated/α-hetero) is 1. The van der Waals surface area contributed by atoms with E-state index >= 15 is 4.79 Å². The van der Waals surface area contributed by atoms with Gasteiger partial charge in [0.1, 0.15) is 46.4 Å². The Morgan fingerprint density at radius 2 is 1.38 bits per heavy atom. The predicted octanol–water partition coefficient (Wildman–Crippen LogP) is 7.36. The molecule has 0 saturated heterocycles. The Kier molecular flexibility index (Phi) is 26.2. The van der Waals surface area contributed by atoms with Crippen molar-refractivity contribution < 1.29 is 67.2 Å². The normalized spacial score (nSPS) is 16.5. The second kappa shape index (κ2) is 31.1. The highest BCUT2D eigenvalue weighted by atomic mass is 16.7. The van der Waals surface area contributed by atoms with E-state index in [2.05, 4.69) is 33.5 Å². The molecule has 1 aliphatic rings. The molecule has 0 spiro atoms. The molecule has 1 heterocycles. The standard InChI is InChI=1S/C58H90N8O14/c1-14-15-16-17-18-19-20-23-31-66(54(75)79-57(7,8)9)32-29-46(69)62-42(24-21-22-30-60-53(74)78-56(4,5)6)52(73)65(13)47-39-26-27-44(68)40(35-39)41-33-38(25-28-45(41)77-55(76)80-58(10,11)12)34-43(49(70)61-36(2)37(3)67)63-51(72)48(59)64-50(47)71/h25-28,33,35-36,42-43,47-48,68H,14-24,29-32,34,59H2,1-13H3,(H,60,74)(H,61,70)(H,62,69)(H,63,72)(H,64,71)/t36-,42-,43-,47-,48+/m0/s1. The number of phenols is 1. The van der Waals surface area contributed by atoms with Crippen LogP contribution in [0, 0.1) is 0 Å². The Balaban J connectivity index is 2.13. The van der Waals surface area contributed by atoms with Gasteiger partial charge in [0.15, 0.2) is 11.9 Å². The Morgan fingerprint density at radius 3 is 1.99 bits per heavy atom. The number of hydrogen-bond donors (Lipinski definition) is 7. The minimum atomic E-state index is -1.82. The van der Waals surface area contributed by atoms with Crippen molar-refractivity contribution in [2.75, 3.05) is 26.7 Å². The summed E-state index contributed by atoms with van der Waals surface area (Å²) in [5.74, 6) is -4.99. The number of hydrogen-bond acceptors (Lipinski definition) is 15. The van der Waals surface area contributed by atoms with E-state index in [1.165, 1.54) is 75.0 Å². The number of unbranched alkanes of at least 4 members (excludes halogenated alkanes) is 8. The van der Waals surface area contributed by atoms with Gasteiger partial charge in [0.05, 0.1) is 6.04 Å². The summed E-state index contributed by atoms with van der Waals surface area (Å²) in [6, 6.07) is 3.10. The van der Waals surface area contributed by atoms with Gasteiger partial charge in [-0.1, -0.05) is 64.0 Å². The summed E-state index contributed by atoms with van der Waals surface area (Å²) >= 11 is 0. The number of phenolic OH excluding ortho intramolecular Hbond substituents is 1. The van der Waals surface area contributed by atoms with Crippen LogP contribution < -0.4 is 37.1 Å². The molecule has 0 aliphatic carbocycles. The summed E-state index contributed by atoms with van der Waals surface area (Å²) in [6.07, 6.45) is 4.32. The molecule has 446 valence electrons. The highest BCUT2D eigenvalue weighted by Gasteiger charge is 2.37. The number of aromatic hydroxyl groups is 1. The van der Waals surface area contributed by atoms with Crippen LogP contribution >= 0.6 is 0 Å². The van der Waals surface area contributed by atoms with E-state index in [4.69, 9.17) is 24.7 Å². The van der Waals surface area contributed by atoms with Gasteiger partial charge in [-0.3, -0.25) is 28.8 Å². The van der Waals surface area contributed by atoms with Crippen molar-refractivity contribution in [3.63, 3.8) is 0 Å². The van der Waals surface area contributed by atoms with E-state index in [9.17, 15) is 43.5 Å². The zero-order chi connectivity index (χ0) is 60.1. The number of nitrogens with one attached hydrogen (secondary N) is 5. The molecule has 0 saturated carbocycles. The number of ketones is 1. The van der Waals surface area contributed by atoms with Gasteiger partial charge in [0, 0.05) is 50.7 Å². The van der Waals surface area contributed by atoms with E-state index < -0.39 is 95.0 Å². The van der Waals surface area contributed by atoms with Gasteiger partial charge in [0.25, 0.3) is 5.91 Å². The lowest BCUT2D eigenvalue weighted by atomic mass is 9.93. The number of amides is 7. The third-order valence-electron chi connectivity index (χ3n) is 12.6. The number of nitrogens with two attached hydrogens (primary N) is 1. The van der Waals surface area contributed by atoms with Crippen LogP contribution in [-0.2, 0) is 49.4 Å². The lowest BCUT2D eigenvalue weighted by Gasteiger charge is -2.33. The average Bonchev–Trinajstić information content (AvgIpc) is 3.33. The largest absolute Gasteiger partial charge is 0.514 e. The smallest absolute Gasteiger partial charge is 0.507 e. The first-order valence-corrected chi connectivity index (χ1v) is 27.8. The van der Waals surface area contributed by atoms with E-state index in [0.717, 1.165) is 37.0 Å². The molecule has 0 fully saturated rings. The second-order valence-electron chi connectivity index (χ2n) is 23.4. The van der Waals surface area contributed by atoms with Crippen LogP contribution in [0.5, 0.6) is 11.5 Å². The van der Waals surface area contributed by atoms with Gasteiger partial charge in [-0.05, 0) is 137 Å². The lowest BCUT2D eigenvalue weighted by Crippen LogP contribution is -2.60. The maximum absolute atomic E-state index is 15.1. The summed E-state index contributed by atoms with van der Waals surface area (Å²) in [5.41, 5.74) is 4.33. The highest BCUT2D eigenvalue weighted by Crippen LogP contribution is 2.40. The van der Waals surface area contributed by atoms with Crippen LogP contribution in [0.25, 0.3) is 11.1 Å².